The third-order valence-electron chi connectivity index (χ3n) is 3.68. The lowest BCUT2D eigenvalue weighted by atomic mass is 10.1. The summed E-state index contributed by atoms with van der Waals surface area (Å²) in [6.07, 6.45) is 0.0832. The Bertz CT molecular complexity index is 864. The van der Waals surface area contributed by atoms with E-state index < -0.39 is 11.7 Å². The number of hydrogen-bond acceptors (Lipinski definition) is 5. The molecule has 3 aromatic rings. The van der Waals surface area contributed by atoms with Crippen molar-refractivity contribution in [3.63, 3.8) is 0 Å². The summed E-state index contributed by atoms with van der Waals surface area (Å²) in [4.78, 5) is 17.0. The molecule has 1 amide bonds. The summed E-state index contributed by atoms with van der Waals surface area (Å²) < 4.78 is 6.48. The summed E-state index contributed by atoms with van der Waals surface area (Å²) in [5, 5.41) is 13.2. The lowest BCUT2D eigenvalue weighted by Gasteiger charge is -2.23. The summed E-state index contributed by atoms with van der Waals surface area (Å²) >= 11 is 1.56. The van der Waals surface area contributed by atoms with E-state index in [2.05, 4.69) is 10.3 Å². The van der Waals surface area contributed by atoms with Gasteiger partial charge in [0.15, 0.2) is 0 Å². The van der Waals surface area contributed by atoms with Gasteiger partial charge in [-0.15, -0.1) is 11.3 Å². The number of alkyl carbamates (subject to hydrolysis) is 1. The van der Waals surface area contributed by atoms with E-state index in [1.165, 1.54) is 0 Å². The second-order valence-corrected chi connectivity index (χ2v) is 8.15. The van der Waals surface area contributed by atoms with Crippen LogP contribution in [0.25, 0.3) is 10.2 Å². The van der Waals surface area contributed by atoms with Crippen molar-refractivity contribution >= 4 is 27.6 Å². The molecule has 1 unspecified atom stereocenters. The molecule has 1 heterocycles. The van der Waals surface area contributed by atoms with Gasteiger partial charge in [0.05, 0.1) is 16.3 Å². The first-order valence-electron chi connectivity index (χ1n) is 8.43. The number of rotatable bonds is 4. The van der Waals surface area contributed by atoms with Crippen LogP contribution in [0.5, 0.6) is 5.75 Å². The van der Waals surface area contributed by atoms with Gasteiger partial charge in [-0.1, -0.05) is 24.3 Å². The number of aromatic hydroxyl groups is 1. The minimum atomic E-state index is -0.569. The number of carbonyl (C=O) groups is 1. The smallest absolute Gasteiger partial charge is 0.408 e. The number of phenolic OH excluding ortho intramolecular Hbond substituents is 1. The maximum Gasteiger partial charge on any atom is 0.408 e. The molecular formula is C20H22N2O3S. The summed E-state index contributed by atoms with van der Waals surface area (Å²) in [5.74, 6) is 0.213. The normalized spacial score (nSPS) is 12.7. The van der Waals surface area contributed by atoms with E-state index in [1.807, 2.05) is 57.2 Å². The number of aromatic nitrogens is 1. The first kappa shape index (κ1) is 18.2. The molecule has 0 aliphatic rings. The van der Waals surface area contributed by atoms with Crippen LogP contribution in [-0.2, 0) is 11.2 Å². The van der Waals surface area contributed by atoms with E-state index in [4.69, 9.17) is 4.74 Å². The maximum absolute atomic E-state index is 12.3. The highest BCUT2D eigenvalue weighted by Crippen LogP contribution is 2.29. The van der Waals surface area contributed by atoms with Crippen molar-refractivity contribution in [1.82, 2.24) is 10.3 Å². The molecule has 136 valence electrons. The summed E-state index contributed by atoms with van der Waals surface area (Å²) in [6.45, 7) is 5.50. The van der Waals surface area contributed by atoms with Gasteiger partial charge in [-0.2, -0.15) is 0 Å². The minimum Gasteiger partial charge on any atom is -0.508 e. The minimum absolute atomic E-state index is 0.213. The second-order valence-electron chi connectivity index (χ2n) is 7.09. The summed E-state index contributed by atoms with van der Waals surface area (Å²) in [7, 11) is 0. The van der Waals surface area contributed by atoms with Crippen LogP contribution in [0.4, 0.5) is 4.79 Å². The van der Waals surface area contributed by atoms with Crippen LogP contribution in [0.2, 0.25) is 0 Å². The van der Waals surface area contributed by atoms with Crippen LogP contribution in [0.3, 0.4) is 0 Å². The van der Waals surface area contributed by atoms with Gasteiger partial charge in [0, 0.05) is 0 Å². The molecule has 2 aromatic carbocycles. The van der Waals surface area contributed by atoms with Crippen molar-refractivity contribution in [1.29, 1.82) is 0 Å². The molecule has 0 saturated heterocycles. The highest BCUT2D eigenvalue weighted by atomic mass is 32.1. The fourth-order valence-electron chi connectivity index (χ4n) is 2.56. The zero-order valence-corrected chi connectivity index (χ0v) is 15.8. The first-order chi connectivity index (χ1) is 12.3. The van der Waals surface area contributed by atoms with Crippen LogP contribution in [0.1, 0.15) is 37.4 Å². The Morgan fingerprint density at radius 2 is 1.88 bits per heavy atom. The zero-order chi connectivity index (χ0) is 18.7. The molecule has 0 radical (unpaired) electrons. The molecule has 0 saturated carbocycles. The maximum atomic E-state index is 12.3. The molecule has 26 heavy (non-hydrogen) atoms. The molecule has 3 rings (SSSR count). The fourth-order valence-corrected chi connectivity index (χ4v) is 3.58. The Labute approximate surface area is 156 Å². The van der Waals surface area contributed by atoms with Gasteiger partial charge in [-0.3, -0.25) is 0 Å². The van der Waals surface area contributed by atoms with E-state index >= 15 is 0 Å². The highest BCUT2D eigenvalue weighted by molar-refractivity contribution is 7.18. The first-order valence-corrected chi connectivity index (χ1v) is 9.25. The molecule has 2 N–H and O–H groups in total. The Hall–Kier alpha value is -2.60. The molecule has 0 spiro atoms. The standard InChI is InChI=1S/C20H22N2O3S/c1-20(2,3)25-19(24)22-16(12-13-8-10-14(23)11-9-13)18-21-15-6-4-5-7-17(15)26-18/h4-11,16,23H,12H2,1-3H3,(H,22,24). The molecule has 0 aliphatic carbocycles. The van der Waals surface area contributed by atoms with E-state index in [0.717, 1.165) is 20.8 Å². The average molecular weight is 370 g/mol. The largest absolute Gasteiger partial charge is 0.508 e. The van der Waals surface area contributed by atoms with Gasteiger partial charge in [0.1, 0.15) is 16.4 Å². The molecule has 0 bridgehead atoms. The number of para-hydroxylation sites is 1. The molecule has 1 aromatic heterocycles. The van der Waals surface area contributed by atoms with Crippen LogP contribution in [0, 0.1) is 0 Å². The number of ether oxygens (including phenoxy) is 1. The molecule has 0 fully saturated rings. The van der Waals surface area contributed by atoms with Crippen molar-refractivity contribution in [3.05, 3.63) is 59.1 Å². The van der Waals surface area contributed by atoms with Gasteiger partial charge >= 0.3 is 6.09 Å². The number of benzene rings is 2. The van der Waals surface area contributed by atoms with Gasteiger partial charge in [-0.25, -0.2) is 9.78 Å². The Kier molecular flexibility index (Phi) is 5.13. The number of phenols is 1. The number of carbonyl (C=O) groups excluding carboxylic acids is 1. The number of nitrogens with zero attached hydrogens (tertiary/aromatic N) is 1. The summed E-state index contributed by atoms with van der Waals surface area (Å²) in [5.41, 5.74) is 1.33. The van der Waals surface area contributed by atoms with E-state index in [1.54, 1.807) is 23.5 Å². The molecular weight excluding hydrogens is 348 g/mol. The Morgan fingerprint density at radius 3 is 2.54 bits per heavy atom. The number of thiazole rings is 1. The Morgan fingerprint density at radius 1 is 1.19 bits per heavy atom. The van der Waals surface area contributed by atoms with Crippen LogP contribution in [-0.4, -0.2) is 21.8 Å². The fraction of sp³-hybridized carbons (Fsp3) is 0.300. The Balaban J connectivity index is 1.87. The summed E-state index contributed by atoms with van der Waals surface area (Å²) in [6, 6.07) is 14.5. The number of hydrogen-bond donors (Lipinski definition) is 2. The number of amides is 1. The van der Waals surface area contributed by atoms with Gasteiger partial charge in [0.25, 0.3) is 0 Å². The highest BCUT2D eigenvalue weighted by Gasteiger charge is 2.23. The molecule has 5 nitrogen and oxygen atoms in total. The quantitative estimate of drug-likeness (QED) is 0.691. The van der Waals surface area contributed by atoms with Crippen LogP contribution in [0.15, 0.2) is 48.5 Å². The number of fused-ring (bicyclic) bond motifs is 1. The van der Waals surface area contributed by atoms with Crippen molar-refractivity contribution in [2.75, 3.05) is 0 Å². The zero-order valence-electron chi connectivity index (χ0n) is 15.0. The van der Waals surface area contributed by atoms with E-state index in [-0.39, 0.29) is 11.8 Å². The van der Waals surface area contributed by atoms with Crippen molar-refractivity contribution in [2.24, 2.45) is 0 Å². The third kappa shape index (κ3) is 4.73. The second kappa shape index (κ2) is 7.33. The monoisotopic (exact) mass is 370 g/mol. The van der Waals surface area contributed by atoms with Crippen molar-refractivity contribution in [2.45, 2.75) is 38.8 Å². The SMILES string of the molecule is CC(C)(C)OC(=O)NC(Cc1ccc(O)cc1)c1nc2ccccc2s1. The van der Waals surface area contributed by atoms with E-state index in [0.29, 0.717) is 6.42 Å². The van der Waals surface area contributed by atoms with E-state index in [9.17, 15) is 9.90 Å². The van der Waals surface area contributed by atoms with Crippen LogP contribution >= 0.6 is 11.3 Å². The average Bonchev–Trinajstić information content (AvgIpc) is 2.98. The third-order valence-corrected chi connectivity index (χ3v) is 4.83. The topological polar surface area (TPSA) is 71.5 Å². The number of nitrogens with one attached hydrogen (secondary N) is 1. The molecule has 1 atom stereocenters. The van der Waals surface area contributed by atoms with Gasteiger partial charge < -0.3 is 15.2 Å². The molecule has 6 heteroatoms. The van der Waals surface area contributed by atoms with Crippen LogP contribution < -0.4 is 5.32 Å². The van der Waals surface area contributed by atoms with Gasteiger partial charge in [-0.05, 0) is 57.0 Å². The lowest BCUT2D eigenvalue weighted by molar-refractivity contribution is 0.0503. The lowest BCUT2D eigenvalue weighted by Crippen LogP contribution is -2.35. The predicted octanol–water partition coefficient (Wildman–Crippen LogP) is 4.81. The van der Waals surface area contributed by atoms with Crippen molar-refractivity contribution < 1.29 is 14.6 Å². The predicted molar refractivity (Wildman–Crippen MR) is 104 cm³/mol. The van der Waals surface area contributed by atoms with Gasteiger partial charge in [0.2, 0.25) is 0 Å². The van der Waals surface area contributed by atoms with Crippen molar-refractivity contribution in [3.8, 4) is 5.75 Å². The molecule has 0 aliphatic heterocycles.